The predicted octanol–water partition coefficient (Wildman–Crippen LogP) is 1.62. The highest BCUT2D eigenvalue weighted by Crippen LogP contribution is 2.67. The van der Waals surface area contributed by atoms with Crippen LogP contribution in [0.1, 0.15) is 19.3 Å². The summed E-state index contributed by atoms with van der Waals surface area (Å²) in [4.78, 5) is 3.97. The smallest absolute Gasteiger partial charge is 0.244 e. The van der Waals surface area contributed by atoms with Crippen LogP contribution in [0.5, 0.6) is 0 Å². The van der Waals surface area contributed by atoms with Crippen molar-refractivity contribution >= 4 is 21.6 Å². The third-order valence-corrected chi connectivity index (χ3v) is 6.24. The van der Waals surface area contributed by atoms with E-state index in [0.29, 0.717) is 0 Å². The molecule has 1 heterocycles. The summed E-state index contributed by atoms with van der Waals surface area (Å²) < 4.78 is 26.2. The number of pyridine rings is 1. The molecule has 6 heteroatoms. The van der Waals surface area contributed by atoms with Gasteiger partial charge in [0, 0.05) is 25.0 Å². The molecule has 92 valence electrons. The number of hydrogen-bond acceptors (Lipinski definition) is 3. The van der Waals surface area contributed by atoms with Crippen LogP contribution in [-0.4, -0.2) is 35.2 Å². The van der Waals surface area contributed by atoms with Gasteiger partial charge in [-0.1, -0.05) is 0 Å². The Morgan fingerprint density at radius 3 is 2.53 bits per heavy atom. The minimum atomic E-state index is -3.43. The van der Waals surface area contributed by atoms with Gasteiger partial charge in [0.05, 0.1) is 4.87 Å². The number of halogens is 1. The Balaban J connectivity index is 1.90. The van der Waals surface area contributed by atoms with Crippen LogP contribution < -0.4 is 0 Å². The molecule has 17 heavy (non-hydrogen) atoms. The summed E-state index contributed by atoms with van der Waals surface area (Å²) in [6.07, 6.45) is 5.23. The minimum absolute atomic E-state index is 0.126. The molecular weight excluding hydrogens is 260 g/mol. The van der Waals surface area contributed by atoms with Crippen LogP contribution in [0.4, 0.5) is 0 Å². The van der Waals surface area contributed by atoms with E-state index in [1.54, 1.807) is 25.4 Å². The second-order valence-corrected chi connectivity index (χ2v) is 7.84. The highest BCUT2D eigenvalue weighted by atomic mass is 35.5. The van der Waals surface area contributed by atoms with Gasteiger partial charge in [0.25, 0.3) is 0 Å². The molecule has 0 atom stereocenters. The first-order chi connectivity index (χ1) is 7.88. The van der Waals surface area contributed by atoms with Crippen LogP contribution in [0.2, 0.25) is 0 Å². The molecule has 0 amide bonds. The summed E-state index contributed by atoms with van der Waals surface area (Å²) in [6, 6.07) is 3.20. The normalized spacial score (nSPS) is 35.2. The van der Waals surface area contributed by atoms with Crippen LogP contribution in [0.15, 0.2) is 29.4 Å². The Bertz CT molecular complexity index is 538. The first-order valence-corrected chi connectivity index (χ1v) is 7.28. The van der Waals surface area contributed by atoms with E-state index in [1.807, 2.05) is 0 Å². The second-order valence-electron chi connectivity index (χ2n) is 5.07. The lowest BCUT2D eigenvalue weighted by atomic mass is 9.49. The van der Waals surface area contributed by atoms with E-state index in [1.165, 1.54) is 10.5 Å². The molecular formula is C11H13ClN2O2S. The van der Waals surface area contributed by atoms with Crippen molar-refractivity contribution in [2.45, 2.75) is 34.6 Å². The topological polar surface area (TPSA) is 50.3 Å². The Kier molecular flexibility index (Phi) is 2.16. The van der Waals surface area contributed by atoms with Crippen molar-refractivity contribution < 1.29 is 8.42 Å². The van der Waals surface area contributed by atoms with Crippen molar-refractivity contribution in [3.05, 3.63) is 24.5 Å². The summed E-state index contributed by atoms with van der Waals surface area (Å²) in [7, 11) is -1.80. The Morgan fingerprint density at radius 1 is 1.41 bits per heavy atom. The molecule has 0 N–H and O–H groups in total. The summed E-state index contributed by atoms with van der Waals surface area (Å²) in [5.41, 5.74) is -0.240. The predicted molar refractivity (Wildman–Crippen MR) is 64.4 cm³/mol. The van der Waals surface area contributed by atoms with Crippen molar-refractivity contribution in [3.63, 3.8) is 0 Å². The van der Waals surface area contributed by atoms with E-state index in [2.05, 4.69) is 4.98 Å². The van der Waals surface area contributed by atoms with Gasteiger partial charge in [-0.3, -0.25) is 4.98 Å². The highest BCUT2D eigenvalue weighted by molar-refractivity contribution is 7.89. The molecule has 0 saturated heterocycles. The largest absolute Gasteiger partial charge is 0.263 e. The monoisotopic (exact) mass is 272 g/mol. The van der Waals surface area contributed by atoms with Gasteiger partial charge in [-0.25, -0.2) is 8.42 Å². The summed E-state index contributed by atoms with van der Waals surface area (Å²) in [5.74, 6) is 0. The van der Waals surface area contributed by atoms with E-state index in [-0.39, 0.29) is 15.3 Å². The zero-order valence-electron chi connectivity index (χ0n) is 9.43. The van der Waals surface area contributed by atoms with Crippen molar-refractivity contribution in [2.75, 3.05) is 7.05 Å². The van der Waals surface area contributed by atoms with Gasteiger partial charge < -0.3 is 0 Å². The fourth-order valence-corrected chi connectivity index (χ4v) is 5.07. The van der Waals surface area contributed by atoms with Crippen LogP contribution in [-0.2, 0) is 10.0 Å². The molecule has 3 saturated carbocycles. The highest BCUT2D eigenvalue weighted by Gasteiger charge is 2.70. The number of nitrogens with zero attached hydrogens (tertiary/aromatic N) is 2. The van der Waals surface area contributed by atoms with Gasteiger partial charge in [0.2, 0.25) is 10.0 Å². The first kappa shape index (κ1) is 11.4. The summed E-state index contributed by atoms with van der Waals surface area (Å²) in [5, 5.41) is 0. The maximum absolute atomic E-state index is 12.3. The third kappa shape index (κ3) is 1.46. The Labute approximate surface area is 106 Å². The zero-order valence-corrected chi connectivity index (χ0v) is 11.0. The number of hydrogen-bond donors (Lipinski definition) is 0. The van der Waals surface area contributed by atoms with Crippen molar-refractivity contribution in [1.82, 2.24) is 9.29 Å². The molecule has 3 aliphatic rings. The molecule has 4 rings (SSSR count). The average molecular weight is 273 g/mol. The Hall–Kier alpha value is -0.650. The maximum atomic E-state index is 12.3. The number of rotatable bonds is 3. The first-order valence-electron chi connectivity index (χ1n) is 5.46. The van der Waals surface area contributed by atoms with Crippen LogP contribution in [0.3, 0.4) is 0 Å². The van der Waals surface area contributed by atoms with E-state index < -0.39 is 10.0 Å². The maximum Gasteiger partial charge on any atom is 0.244 e. The van der Waals surface area contributed by atoms with Crippen molar-refractivity contribution in [2.24, 2.45) is 0 Å². The molecule has 3 aliphatic carbocycles. The standard InChI is InChI=1S/C11H13ClN2O2S/c1-14(11-6-10(12,7-11)8-11)17(15,16)9-3-2-4-13-5-9/h2-5H,6-8H2,1H3. The molecule has 0 aromatic carbocycles. The van der Waals surface area contributed by atoms with Crippen LogP contribution >= 0.6 is 11.6 Å². The lowest BCUT2D eigenvalue weighted by Crippen LogP contribution is -2.76. The quantitative estimate of drug-likeness (QED) is 0.786. The van der Waals surface area contributed by atoms with Gasteiger partial charge in [0.1, 0.15) is 4.90 Å². The molecule has 0 radical (unpaired) electrons. The van der Waals surface area contributed by atoms with Crippen molar-refractivity contribution in [1.29, 1.82) is 0 Å². The van der Waals surface area contributed by atoms with Crippen LogP contribution in [0, 0.1) is 0 Å². The van der Waals surface area contributed by atoms with Gasteiger partial charge >= 0.3 is 0 Å². The van der Waals surface area contributed by atoms with Gasteiger partial charge in [0.15, 0.2) is 0 Å². The molecule has 0 unspecified atom stereocenters. The molecule has 3 fully saturated rings. The fraction of sp³-hybridized carbons (Fsp3) is 0.545. The van der Waals surface area contributed by atoms with E-state index in [4.69, 9.17) is 11.6 Å². The fourth-order valence-electron chi connectivity index (χ4n) is 2.86. The molecule has 4 nitrogen and oxygen atoms in total. The lowest BCUT2D eigenvalue weighted by molar-refractivity contribution is -0.0722. The lowest BCUT2D eigenvalue weighted by Gasteiger charge is -2.69. The van der Waals surface area contributed by atoms with E-state index in [0.717, 1.165) is 19.3 Å². The minimum Gasteiger partial charge on any atom is -0.263 e. The van der Waals surface area contributed by atoms with Gasteiger partial charge in [-0.15, -0.1) is 11.6 Å². The van der Waals surface area contributed by atoms with Crippen LogP contribution in [0.25, 0.3) is 0 Å². The second kappa shape index (κ2) is 3.22. The molecule has 0 spiro atoms. The third-order valence-electron chi connectivity index (χ3n) is 3.90. The van der Waals surface area contributed by atoms with E-state index in [9.17, 15) is 8.42 Å². The zero-order chi connectivity index (χ0) is 12.3. The van der Waals surface area contributed by atoms with Gasteiger partial charge in [-0.2, -0.15) is 4.31 Å². The molecule has 0 aliphatic heterocycles. The molecule has 1 aromatic heterocycles. The number of sulfonamides is 1. The number of alkyl halides is 1. The average Bonchev–Trinajstić information content (AvgIpc) is 2.24. The van der Waals surface area contributed by atoms with Crippen molar-refractivity contribution in [3.8, 4) is 0 Å². The molecule has 1 aromatic rings. The van der Waals surface area contributed by atoms with E-state index >= 15 is 0 Å². The van der Waals surface area contributed by atoms with Gasteiger partial charge in [-0.05, 0) is 31.4 Å². The summed E-state index contributed by atoms with van der Waals surface area (Å²) in [6.45, 7) is 0. The summed E-state index contributed by atoms with van der Waals surface area (Å²) >= 11 is 6.17. The molecule has 2 bridgehead atoms. The SMILES string of the molecule is CN(C12CC(Cl)(C1)C2)S(=O)(=O)c1cccnc1. The Morgan fingerprint density at radius 2 is 2.06 bits per heavy atom. The number of aromatic nitrogens is 1.